The van der Waals surface area contributed by atoms with E-state index in [1.165, 1.54) is 0 Å². The fourth-order valence-electron chi connectivity index (χ4n) is 2.26. The minimum atomic E-state index is -0.620. The molecule has 0 saturated heterocycles. The van der Waals surface area contributed by atoms with E-state index in [1.54, 1.807) is 18.2 Å². The second kappa shape index (κ2) is 8.11. The van der Waals surface area contributed by atoms with Crippen molar-refractivity contribution in [2.24, 2.45) is 5.92 Å². The lowest BCUT2D eigenvalue weighted by atomic mass is 10.0. The van der Waals surface area contributed by atoms with Crippen molar-refractivity contribution in [3.63, 3.8) is 0 Å². The Bertz CT molecular complexity index is 726. The van der Waals surface area contributed by atoms with Crippen LogP contribution in [0, 0.1) is 12.8 Å². The van der Waals surface area contributed by atoms with E-state index < -0.39 is 6.04 Å². The zero-order valence-corrected chi connectivity index (χ0v) is 15.6. The third-order valence-corrected chi connectivity index (χ3v) is 4.36. The summed E-state index contributed by atoms with van der Waals surface area (Å²) in [4.78, 5) is 25.0. The van der Waals surface area contributed by atoms with Crippen molar-refractivity contribution in [3.8, 4) is 0 Å². The van der Waals surface area contributed by atoms with Gasteiger partial charge in [-0.15, -0.1) is 0 Å². The smallest absolute Gasteiger partial charge is 0.253 e. The molecule has 5 heteroatoms. The summed E-state index contributed by atoms with van der Waals surface area (Å²) >= 11 is 3.36. The van der Waals surface area contributed by atoms with Crippen LogP contribution in [0.4, 0.5) is 5.69 Å². The van der Waals surface area contributed by atoms with Gasteiger partial charge in [-0.05, 0) is 53.0 Å². The largest absolute Gasteiger partial charge is 0.340 e. The molecule has 0 radical (unpaired) electrons. The van der Waals surface area contributed by atoms with Crippen LogP contribution in [0.3, 0.4) is 0 Å². The standard InChI is InChI=1S/C19H21BrN2O2/c1-12(2)17(19(24)21-14-10-8-13(3)9-11-14)22-18(23)15-6-4-5-7-16(15)20/h4-12,17H,1-3H3,(H,21,24)(H,22,23)/t17-/m0/s1. The van der Waals surface area contributed by atoms with E-state index >= 15 is 0 Å². The zero-order valence-electron chi connectivity index (χ0n) is 14.0. The summed E-state index contributed by atoms with van der Waals surface area (Å²) in [6.07, 6.45) is 0. The first-order valence-electron chi connectivity index (χ1n) is 7.81. The SMILES string of the molecule is Cc1ccc(NC(=O)[C@@H](NC(=O)c2ccccc2Br)C(C)C)cc1. The van der Waals surface area contributed by atoms with Gasteiger partial charge in [-0.2, -0.15) is 0 Å². The van der Waals surface area contributed by atoms with Crippen LogP contribution in [0.5, 0.6) is 0 Å². The molecule has 0 unspecified atom stereocenters. The normalized spacial score (nSPS) is 11.9. The van der Waals surface area contributed by atoms with Gasteiger partial charge in [0.05, 0.1) is 5.56 Å². The summed E-state index contributed by atoms with van der Waals surface area (Å²) in [5.41, 5.74) is 2.34. The second-order valence-corrected chi connectivity index (χ2v) is 6.88. The molecule has 4 nitrogen and oxygen atoms in total. The molecule has 2 amide bonds. The van der Waals surface area contributed by atoms with E-state index in [-0.39, 0.29) is 17.7 Å². The highest BCUT2D eigenvalue weighted by Crippen LogP contribution is 2.17. The first-order valence-corrected chi connectivity index (χ1v) is 8.60. The number of benzene rings is 2. The molecule has 2 N–H and O–H groups in total. The van der Waals surface area contributed by atoms with Gasteiger partial charge >= 0.3 is 0 Å². The summed E-state index contributed by atoms with van der Waals surface area (Å²) < 4.78 is 0.698. The number of carbonyl (C=O) groups excluding carboxylic acids is 2. The van der Waals surface area contributed by atoms with Crippen LogP contribution in [0.1, 0.15) is 29.8 Å². The van der Waals surface area contributed by atoms with Crippen molar-refractivity contribution in [3.05, 3.63) is 64.1 Å². The number of amides is 2. The highest BCUT2D eigenvalue weighted by atomic mass is 79.9. The van der Waals surface area contributed by atoms with Crippen LogP contribution in [0.15, 0.2) is 53.0 Å². The van der Waals surface area contributed by atoms with E-state index in [1.807, 2.05) is 51.1 Å². The molecule has 0 spiro atoms. The average Bonchev–Trinajstić information content (AvgIpc) is 2.54. The van der Waals surface area contributed by atoms with Crippen molar-refractivity contribution in [2.45, 2.75) is 26.8 Å². The molecule has 0 aliphatic carbocycles. The van der Waals surface area contributed by atoms with Gasteiger partial charge in [-0.3, -0.25) is 9.59 Å². The molecule has 2 aromatic rings. The Hall–Kier alpha value is -2.14. The van der Waals surface area contributed by atoms with Crippen molar-refractivity contribution in [2.75, 3.05) is 5.32 Å². The van der Waals surface area contributed by atoms with Crippen molar-refractivity contribution in [1.29, 1.82) is 0 Å². The number of anilines is 1. The quantitative estimate of drug-likeness (QED) is 0.807. The Kier molecular flexibility index (Phi) is 6.15. The van der Waals surface area contributed by atoms with Gasteiger partial charge in [-0.25, -0.2) is 0 Å². The van der Waals surface area contributed by atoms with Gasteiger partial charge in [0.25, 0.3) is 5.91 Å². The second-order valence-electron chi connectivity index (χ2n) is 6.03. The van der Waals surface area contributed by atoms with E-state index in [2.05, 4.69) is 26.6 Å². The van der Waals surface area contributed by atoms with Crippen molar-refractivity contribution in [1.82, 2.24) is 5.32 Å². The fraction of sp³-hybridized carbons (Fsp3) is 0.263. The van der Waals surface area contributed by atoms with Gasteiger partial charge in [0, 0.05) is 10.2 Å². The molecule has 0 fully saturated rings. The van der Waals surface area contributed by atoms with Gasteiger partial charge in [0.2, 0.25) is 5.91 Å². The predicted octanol–water partition coefficient (Wildman–Crippen LogP) is 4.15. The molecule has 0 saturated carbocycles. The average molecular weight is 389 g/mol. The summed E-state index contributed by atoms with van der Waals surface area (Å²) in [7, 11) is 0. The first kappa shape index (κ1) is 18.2. The lowest BCUT2D eigenvalue weighted by molar-refractivity contribution is -0.118. The summed E-state index contributed by atoms with van der Waals surface area (Å²) in [6, 6.07) is 14.1. The van der Waals surface area contributed by atoms with Crippen LogP contribution >= 0.6 is 15.9 Å². The van der Waals surface area contributed by atoms with Crippen LogP contribution in [-0.4, -0.2) is 17.9 Å². The Morgan fingerprint density at radius 2 is 1.62 bits per heavy atom. The van der Waals surface area contributed by atoms with Crippen LogP contribution in [-0.2, 0) is 4.79 Å². The monoisotopic (exact) mass is 388 g/mol. The van der Waals surface area contributed by atoms with Crippen molar-refractivity contribution < 1.29 is 9.59 Å². The molecule has 0 aliphatic heterocycles. The molecule has 2 aromatic carbocycles. The molecular weight excluding hydrogens is 368 g/mol. The first-order chi connectivity index (χ1) is 11.4. The Morgan fingerprint density at radius 1 is 1.00 bits per heavy atom. The Morgan fingerprint density at radius 3 is 2.21 bits per heavy atom. The van der Waals surface area contributed by atoms with Crippen LogP contribution in [0.25, 0.3) is 0 Å². The summed E-state index contributed by atoms with van der Waals surface area (Å²) in [5.74, 6) is -0.545. The molecule has 0 aromatic heterocycles. The van der Waals surface area contributed by atoms with E-state index in [9.17, 15) is 9.59 Å². The third-order valence-electron chi connectivity index (χ3n) is 3.67. The highest BCUT2D eigenvalue weighted by molar-refractivity contribution is 9.10. The van der Waals surface area contributed by atoms with Crippen LogP contribution in [0.2, 0.25) is 0 Å². The van der Waals surface area contributed by atoms with Gasteiger partial charge in [-0.1, -0.05) is 43.7 Å². The molecule has 2 rings (SSSR count). The van der Waals surface area contributed by atoms with Gasteiger partial charge in [0.1, 0.15) is 6.04 Å². The van der Waals surface area contributed by atoms with Gasteiger partial charge in [0.15, 0.2) is 0 Å². The van der Waals surface area contributed by atoms with Crippen LogP contribution < -0.4 is 10.6 Å². The minimum Gasteiger partial charge on any atom is -0.340 e. The third kappa shape index (κ3) is 4.68. The molecule has 24 heavy (non-hydrogen) atoms. The van der Waals surface area contributed by atoms with E-state index in [0.717, 1.165) is 5.56 Å². The summed E-state index contributed by atoms with van der Waals surface area (Å²) in [6.45, 7) is 5.79. The Balaban J connectivity index is 2.11. The maximum absolute atomic E-state index is 12.6. The maximum atomic E-state index is 12.6. The van der Waals surface area contributed by atoms with E-state index in [4.69, 9.17) is 0 Å². The van der Waals surface area contributed by atoms with Crippen molar-refractivity contribution >= 4 is 33.4 Å². The number of hydrogen-bond acceptors (Lipinski definition) is 2. The number of hydrogen-bond donors (Lipinski definition) is 2. The van der Waals surface area contributed by atoms with Gasteiger partial charge < -0.3 is 10.6 Å². The number of rotatable bonds is 5. The number of nitrogens with one attached hydrogen (secondary N) is 2. The zero-order chi connectivity index (χ0) is 17.7. The molecule has 0 aliphatic rings. The molecule has 0 bridgehead atoms. The Labute approximate surface area is 150 Å². The molecule has 1 atom stereocenters. The maximum Gasteiger partial charge on any atom is 0.253 e. The highest BCUT2D eigenvalue weighted by Gasteiger charge is 2.25. The summed E-state index contributed by atoms with van der Waals surface area (Å²) in [5, 5.41) is 5.68. The minimum absolute atomic E-state index is 0.0399. The predicted molar refractivity (Wildman–Crippen MR) is 100 cm³/mol. The fourth-order valence-corrected chi connectivity index (χ4v) is 2.72. The number of halogens is 1. The number of carbonyl (C=O) groups is 2. The lowest BCUT2D eigenvalue weighted by Crippen LogP contribution is -2.47. The molecule has 0 heterocycles. The molecule has 126 valence electrons. The molecular formula is C19H21BrN2O2. The van der Waals surface area contributed by atoms with E-state index in [0.29, 0.717) is 15.7 Å². The number of aryl methyl sites for hydroxylation is 1. The topological polar surface area (TPSA) is 58.2 Å². The lowest BCUT2D eigenvalue weighted by Gasteiger charge is -2.22.